The first-order valence-electron chi connectivity index (χ1n) is 5.94. The van der Waals surface area contributed by atoms with Gasteiger partial charge in [-0.25, -0.2) is 15.0 Å². The van der Waals surface area contributed by atoms with E-state index >= 15 is 0 Å². The predicted molar refractivity (Wildman–Crippen MR) is 79.5 cm³/mol. The van der Waals surface area contributed by atoms with E-state index in [1.807, 2.05) is 29.6 Å². The van der Waals surface area contributed by atoms with E-state index in [4.69, 9.17) is 10.5 Å². The maximum Gasteiger partial charge on any atom is 0.216 e. The smallest absolute Gasteiger partial charge is 0.216 e. The molecule has 100 valence electrons. The maximum absolute atomic E-state index is 5.79. The quantitative estimate of drug-likeness (QED) is 0.749. The second kappa shape index (κ2) is 5.26. The predicted octanol–water partition coefficient (Wildman–Crippen LogP) is 2.86. The molecule has 20 heavy (non-hydrogen) atoms. The molecule has 0 aliphatic rings. The molecule has 3 rings (SSSR count). The molecule has 0 saturated heterocycles. The van der Waals surface area contributed by atoms with Crippen molar-refractivity contribution in [1.82, 2.24) is 15.0 Å². The summed E-state index contributed by atoms with van der Waals surface area (Å²) in [6, 6.07) is 9.42. The molecule has 6 heteroatoms. The topological polar surface area (TPSA) is 73.9 Å². The van der Waals surface area contributed by atoms with Gasteiger partial charge in [-0.1, -0.05) is 12.1 Å². The van der Waals surface area contributed by atoms with Crippen LogP contribution < -0.4 is 10.5 Å². The van der Waals surface area contributed by atoms with Gasteiger partial charge >= 0.3 is 0 Å². The van der Waals surface area contributed by atoms with E-state index in [9.17, 15) is 0 Å². The zero-order valence-corrected chi connectivity index (χ0v) is 11.6. The van der Waals surface area contributed by atoms with Crippen molar-refractivity contribution >= 4 is 17.0 Å². The van der Waals surface area contributed by atoms with E-state index in [1.165, 1.54) is 17.7 Å². The van der Waals surface area contributed by atoms with Crippen LogP contribution in [0.3, 0.4) is 0 Å². The summed E-state index contributed by atoms with van der Waals surface area (Å²) >= 11 is 1.52. The van der Waals surface area contributed by atoms with E-state index < -0.39 is 0 Å². The minimum Gasteiger partial charge on any atom is -0.481 e. The first-order chi connectivity index (χ1) is 9.76. The van der Waals surface area contributed by atoms with E-state index in [0.29, 0.717) is 5.88 Å². The highest BCUT2D eigenvalue weighted by molar-refractivity contribution is 7.13. The van der Waals surface area contributed by atoms with Crippen LogP contribution in [0.15, 0.2) is 42.0 Å². The van der Waals surface area contributed by atoms with Crippen molar-refractivity contribution in [3.05, 3.63) is 42.0 Å². The van der Waals surface area contributed by atoms with Gasteiger partial charge in [0.2, 0.25) is 5.88 Å². The second-order valence-electron chi connectivity index (χ2n) is 4.11. The number of aromatic nitrogens is 3. The second-order valence-corrected chi connectivity index (χ2v) is 4.97. The minimum atomic E-state index is 0.524. The number of benzene rings is 1. The summed E-state index contributed by atoms with van der Waals surface area (Å²) in [6.45, 7) is 0. The number of nitrogen functional groups attached to an aromatic ring is 1. The molecule has 2 aromatic heterocycles. The highest BCUT2D eigenvalue weighted by Gasteiger charge is 2.09. The van der Waals surface area contributed by atoms with Crippen molar-refractivity contribution in [3.63, 3.8) is 0 Å². The highest BCUT2D eigenvalue weighted by atomic mass is 32.1. The third-order valence-corrected chi connectivity index (χ3v) is 3.62. The Bertz CT molecular complexity index is 741. The average molecular weight is 284 g/mol. The standard InChI is InChI=1S/C14H12N4OS/c1-19-13-6-11(16-8-17-13)14-18-12(7-20-14)9-3-2-4-10(15)5-9/h2-8H,15H2,1H3. The molecule has 0 unspecified atom stereocenters. The Labute approximate surface area is 120 Å². The molecule has 0 radical (unpaired) electrons. The van der Waals surface area contributed by atoms with Crippen molar-refractivity contribution in [3.8, 4) is 27.8 Å². The van der Waals surface area contributed by atoms with Gasteiger partial charge in [0.15, 0.2) is 0 Å². The van der Waals surface area contributed by atoms with Gasteiger partial charge in [-0.05, 0) is 12.1 Å². The molecule has 0 fully saturated rings. The molecule has 2 heterocycles. The summed E-state index contributed by atoms with van der Waals surface area (Å²) in [5, 5.41) is 2.81. The molecular formula is C14H12N4OS. The molecule has 0 bridgehead atoms. The SMILES string of the molecule is COc1cc(-c2nc(-c3cccc(N)c3)cs2)ncn1. The van der Waals surface area contributed by atoms with Gasteiger partial charge in [0.05, 0.1) is 12.8 Å². The maximum atomic E-state index is 5.79. The van der Waals surface area contributed by atoms with Crippen LogP contribution >= 0.6 is 11.3 Å². The van der Waals surface area contributed by atoms with Crippen LogP contribution in [0.4, 0.5) is 5.69 Å². The normalized spacial score (nSPS) is 10.4. The fourth-order valence-corrected chi connectivity index (χ4v) is 2.59. The van der Waals surface area contributed by atoms with Gasteiger partial charge in [-0.3, -0.25) is 0 Å². The molecule has 5 nitrogen and oxygen atoms in total. The number of thiazole rings is 1. The average Bonchev–Trinajstić information content (AvgIpc) is 2.97. The summed E-state index contributed by atoms with van der Waals surface area (Å²) in [6.07, 6.45) is 1.47. The first kappa shape index (κ1) is 12.6. The third kappa shape index (κ3) is 2.46. The minimum absolute atomic E-state index is 0.524. The number of methoxy groups -OCH3 is 1. The Morgan fingerprint density at radius 1 is 1.15 bits per heavy atom. The summed E-state index contributed by atoms with van der Waals surface area (Å²) in [4.78, 5) is 12.8. The van der Waals surface area contributed by atoms with Crippen LogP contribution in [-0.4, -0.2) is 22.1 Å². The van der Waals surface area contributed by atoms with E-state index in [2.05, 4.69) is 15.0 Å². The van der Waals surface area contributed by atoms with Gasteiger partial charge in [0.1, 0.15) is 17.0 Å². The Morgan fingerprint density at radius 3 is 2.85 bits per heavy atom. The number of anilines is 1. The van der Waals surface area contributed by atoms with Crippen LogP contribution in [0.2, 0.25) is 0 Å². The molecule has 0 aliphatic carbocycles. The number of nitrogens with two attached hydrogens (primary N) is 1. The molecular weight excluding hydrogens is 272 g/mol. The van der Waals surface area contributed by atoms with Gasteiger partial charge in [0.25, 0.3) is 0 Å². The summed E-state index contributed by atoms with van der Waals surface area (Å²) in [5.41, 5.74) is 9.14. The van der Waals surface area contributed by atoms with Gasteiger partial charge in [-0.15, -0.1) is 11.3 Å². The van der Waals surface area contributed by atoms with Crippen molar-refractivity contribution < 1.29 is 4.74 Å². The van der Waals surface area contributed by atoms with Crippen LogP contribution in [0, 0.1) is 0 Å². The van der Waals surface area contributed by atoms with Crippen molar-refractivity contribution in [1.29, 1.82) is 0 Å². The number of ether oxygens (including phenoxy) is 1. The van der Waals surface area contributed by atoms with Crippen LogP contribution in [0.25, 0.3) is 22.0 Å². The summed E-state index contributed by atoms with van der Waals surface area (Å²) in [5.74, 6) is 0.524. The largest absolute Gasteiger partial charge is 0.481 e. The zero-order valence-electron chi connectivity index (χ0n) is 10.8. The Hall–Kier alpha value is -2.47. The lowest BCUT2D eigenvalue weighted by Gasteiger charge is -2.00. The molecule has 3 aromatic rings. The van der Waals surface area contributed by atoms with Gasteiger partial charge in [-0.2, -0.15) is 0 Å². The fraction of sp³-hybridized carbons (Fsp3) is 0.0714. The van der Waals surface area contributed by atoms with Crippen molar-refractivity contribution in [2.24, 2.45) is 0 Å². The lowest BCUT2D eigenvalue weighted by Crippen LogP contribution is -1.90. The van der Waals surface area contributed by atoms with E-state index in [-0.39, 0.29) is 0 Å². The van der Waals surface area contributed by atoms with Crippen LogP contribution in [-0.2, 0) is 0 Å². The monoisotopic (exact) mass is 284 g/mol. The van der Waals surface area contributed by atoms with E-state index in [0.717, 1.165) is 27.6 Å². The van der Waals surface area contributed by atoms with Crippen molar-refractivity contribution in [2.45, 2.75) is 0 Å². The molecule has 0 atom stereocenters. The molecule has 0 aliphatic heterocycles. The summed E-state index contributed by atoms with van der Waals surface area (Å²) < 4.78 is 5.09. The van der Waals surface area contributed by atoms with Crippen LogP contribution in [0.5, 0.6) is 5.88 Å². The van der Waals surface area contributed by atoms with Crippen molar-refractivity contribution in [2.75, 3.05) is 12.8 Å². The number of rotatable bonds is 3. The molecule has 0 saturated carbocycles. The fourth-order valence-electron chi connectivity index (χ4n) is 1.79. The Balaban J connectivity index is 1.97. The highest BCUT2D eigenvalue weighted by Crippen LogP contribution is 2.29. The lowest BCUT2D eigenvalue weighted by molar-refractivity contribution is 0.397. The molecule has 0 spiro atoms. The van der Waals surface area contributed by atoms with Crippen LogP contribution in [0.1, 0.15) is 0 Å². The Kier molecular flexibility index (Phi) is 3.30. The molecule has 0 amide bonds. The van der Waals surface area contributed by atoms with Gasteiger partial charge < -0.3 is 10.5 Å². The summed E-state index contributed by atoms with van der Waals surface area (Å²) in [7, 11) is 1.58. The first-order valence-corrected chi connectivity index (χ1v) is 6.82. The molecule has 2 N–H and O–H groups in total. The third-order valence-electron chi connectivity index (χ3n) is 2.76. The van der Waals surface area contributed by atoms with E-state index in [1.54, 1.807) is 13.2 Å². The number of hydrogen-bond acceptors (Lipinski definition) is 6. The number of hydrogen-bond donors (Lipinski definition) is 1. The lowest BCUT2D eigenvalue weighted by atomic mass is 10.1. The van der Waals surface area contributed by atoms with Gasteiger partial charge in [0, 0.05) is 22.7 Å². The Morgan fingerprint density at radius 2 is 2.05 bits per heavy atom. The number of nitrogens with zero attached hydrogens (tertiary/aromatic N) is 3. The zero-order chi connectivity index (χ0) is 13.9. The molecule has 1 aromatic carbocycles.